The molecule has 114 valence electrons. The minimum Gasteiger partial charge on any atom is -0.332 e. The van der Waals surface area contributed by atoms with Gasteiger partial charge in [-0.3, -0.25) is 0 Å². The standard InChI is InChI=1S/C17H32BNO/c1-4-6-10-16-11-7-9-15(3,19)18(16)17(14-20,8-5-2)13-12-16/h14H,4-13,19H2,1-3H3. The van der Waals surface area contributed by atoms with Crippen LogP contribution in [0.4, 0.5) is 0 Å². The summed E-state index contributed by atoms with van der Waals surface area (Å²) in [5, 5.41) is 0.222. The molecule has 0 aliphatic carbocycles. The molecule has 2 nitrogen and oxygen atoms in total. The molecule has 2 fully saturated rings. The summed E-state index contributed by atoms with van der Waals surface area (Å²) in [5.41, 5.74) is 6.59. The number of fused-ring (bicyclic) bond motifs is 1. The highest BCUT2D eigenvalue weighted by molar-refractivity contribution is 6.73. The molecular formula is C17H32BNO. The maximum atomic E-state index is 12.0. The van der Waals surface area contributed by atoms with Gasteiger partial charge >= 0.3 is 0 Å². The van der Waals surface area contributed by atoms with Crippen LogP contribution in [0.25, 0.3) is 0 Å². The molecule has 3 heteroatoms. The lowest BCUT2D eigenvalue weighted by atomic mass is 9.15. The Bertz CT molecular complexity index is 357. The molecule has 0 spiro atoms. The van der Waals surface area contributed by atoms with Gasteiger partial charge in [-0.05, 0) is 30.0 Å². The monoisotopic (exact) mass is 277 g/mol. The molecule has 2 aliphatic heterocycles. The molecule has 0 aromatic rings. The van der Waals surface area contributed by atoms with Crippen LogP contribution in [0.1, 0.15) is 85.0 Å². The van der Waals surface area contributed by atoms with Crippen LogP contribution in [0.3, 0.4) is 0 Å². The smallest absolute Gasteiger partial charge is 0.184 e. The van der Waals surface area contributed by atoms with Gasteiger partial charge in [-0.1, -0.05) is 65.7 Å². The van der Waals surface area contributed by atoms with Crippen molar-refractivity contribution in [3.8, 4) is 0 Å². The molecule has 3 atom stereocenters. The second-order valence-corrected chi connectivity index (χ2v) is 7.86. The maximum absolute atomic E-state index is 12.0. The summed E-state index contributed by atoms with van der Waals surface area (Å²) >= 11 is 0. The fourth-order valence-corrected chi connectivity index (χ4v) is 5.82. The molecule has 2 saturated heterocycles. The Balaban J connectivity index is 2.38. The van der Waals surface area contributed by atoms with Crippen molar-refractivity contribution in [2.75, 3.05) is 0 Å². The van der Waals surface area contributed by atoms with E-state index in [9.17, 15) is 4.79 Å². The lowest BCUT2D eigenvalue weighted by Gasteiger charge is -2.51. The summed E-state index contributed by atoms with van der Waals surface area (Å²) < 4.78 is 0. The average molecular weight is 277 g/mol. The fraction of sp³-hybridized carbons (Fsp3) is 0.941. The van der Waals surface area contributed by atoms with Gasteiger partial charge in [0.1, 0.15) is 6.29 Å². The number of nitrogens with two attached hydrogens (primary N) is 1. The van der Waals surface area contributed by atoms with E-state index in [4.69, 9.17) is 5.73 Å². The van der Waals surface area contributed by atoms with Crippen molar-refractivity contribution in [3.05, 3.63) is 0 Å². The summed E-state index contributed by atoms with van der Waals surface area (Å²) in [4.78, 5) is 12.0. The minimum absolute atomic E-state index is 0.133. The van der Waals surface area contributed by atoms with E-state index in [0.29, 0.717) is 12.0 Å². The van der Waals surface area contributed by atoms with Crippen LogP contribution in [-0.4, -0.2) is 18.4 Å². The lowest BCUT2D eigenvalue weighted by molar-refractivity contribution is -0.110. The molecule has 0 aromatic heterocycles. The van der Waals surface area contributed by atoms with Gasteiger partial charge in [0, 0.05) is 5.31 Å². The lowest BCUT2D eigenvalue weighted by Crippen LogP contribution is -2.62. The molecule has 2 N–H and O–H groups in total. The topological polar surface area (TPSA) is 43.1 Å². The van der Waals surface area contributed by atoms with Gasteiger partial charge in [-0.25, -0.2) is 0 Å². The number of hydrogen-bond acceptors (Lipinski definition) is 2. The van der Waals surface area contributed by atoms with Crippen LogP contribution in [0, 0.1) is 0 Å². The summed E-state index contributed by atoms with van der Waals surface area (Å²) in [5.74, 6) is 0. The van der Waals surface area contributed by atoms with Crippen LogP contribution < -0.4 is 5.73 Å². The molecule has 0 saturated carbocycles. The van der Waals surface area contributed by atoms with Gasteiger partial charge in [-0.15, -0.1) is 0 Å². The first-order valence-corrected chi connectivity index (χ1v) is 8.71. The average Bonchev–Trinajstić information content (AvgIpc) is 2.74. The third-order valence-electron chi connectivity index (χ3n) is 6.30. The Morgan fingerprint density at radius 3 is 2.45 bits per heavy atom. The van der Waals surface area contributed by atoms with E-state index >= 15 is 0 Å². The molecule has 2 heterocycles. The highest BCUT2D eigenvalue weighted by Crippen LogP contribution is 2.67. The molecule has 2 aliphatic rings. The predicted octanol–water partition coefficient (Wildman–Crippen LogP) is 4.39. The third kappa shape index (κ3) is 2.47. The molecule has 3 unspecified atom stereocenters. The number of aldehydes is 1. The highest BCUT2D eigenvalue weighted by Gasteiger charge is 2.64. The van der Waals surface area contributed by atoms with E-state index in [1.54, 1.807) is 0 Å². The van der Waals surface area contributed by atoms with Gasteiger partial charge in [0.15, 0.2) is 6.71 Å². The Kier molecular flexibility index (Phi) is 4.68. The quantitative estimate of drug-likeness (QED) is 0.578. The zero-order valence-electron chi connectivity index (χ0n) is 13.7. The summed E-state index contributed by atoms with van der Waals surface area (Å²) in [6.45, 7) is 7.09. The van der Waals surface area contributed by atoms with Crippen LogP contribution in [0.2, 0.25) is 10.6 Å². The molecule has 20 heavy (non-hydrogen) atoms. The number of hydrogen-bond donors (Lipinski definition) is 1. The van der Waals surface area contributed by atoms with Crippen molar-refractivity contribution >= 4 is 13.0 Å². The van der Waals surface area contributed by atoms with E-state index in [1.807, 2.05) is 0 Å². The Hall–Kier alpha value is -0.305. The first-order chi connectivity index (χ1) is 9.46. The van der Waals surface area contributed by atoms with Crippen molar-refractivity contribution in [3.63, 3.8) is 0 Å². The third-order valence-corrected chi connectivity index (χ3v) is 6.30. The van der Waals surface area contributed by atoms with Gasteiger partial charge in [0.25, 0.3) is 0 Å². The Morgan fingerprint density at radius 1 is 1.10 bits per heavy atom. The number of carbonyl (C=O) groups is 1. The Labute approximate surface area is 125 Å². The van der Waals surface area contributed by atoms with E-state index in [1.165, 1.54) is 44.8 Å². The zero-order chi connectivity index (χ0) is 14.9. The molecule has 0 aromatic carbocycles. The van der Waals surface area contributed by atoms with Gasteiger partial charge in [0.05, 0.1) is 0 Å². The van der Waals surface area contributed by atoms with E-state index in [-0.39, 0.29) is 10.8 Å². The van der Waals surface area contributed by atoms with Crippen molar-refractivity contribution in [2.24, 2.45) is 5.73 Å². The maximum Gasteiger partial charge on any atom is 0.184 e. The predicted molar refractivity (Wildman–Crippen MR) is 87.3 cm³/mol. The fourth-order valence-electron chi connectivity index (χ4n) is 5.82. The summed E-state index contributed by atoms with van der Waals surface area (Å²) in [6, 6.07) is 0. The number of rotatable bonds is 6. The first-order valence-electron chi connectivity index (χ1n) is 8.71. The van der Waals surface area contributed by atoms with Crippen LogP contribution in [-0.2, 0) is 4.79 Å². The van der Waals surface area contributed by atoms with Crippen LogP contribution in [0.15, 0.2) is 0 Å². The van der Waals surface area contributed by atoms with Gasteiger partial charge in [0.2, 0.25) is 0 Å². The SMILES string of the molecule is CCCCC12CCCC(C)(N)B1C(C=O)(CCC)CC2. The molecular weight excluding hydrogens is 245 g/mol. The van der Waals surface area contributed by atoms with Gasteiger partial charge in [-0.2, -0.15) is 0 Å². The van der Waals surface area contributed by atoms with E-state index < -0.39 is 0 Å². The second kappa shape index (κ2) is 5.83. The van der Waals surface area contributed by atoms with E-state index in [0.717, 1.165) is 25.7 Å². The summed E-state index contributed by atoms with van der Waals surface area (Å²) in [6.07, 6.45) is 13.2. The summed E-state index contributed by atoms with van der Waals surface area (Å²) in [7, 11) is 0. The number of unbranched alkanes of at least 4 members (excludes halogenated alkanes) is 1. The molecule has 0 bridgehead atoms. The van der Waals surface area contributed by atoms with Gasteiger partial charge < -0.3 is 10.5 Å². The molecule has 0 radical (unpaired) electrons. The second-order valence-electron chi connectivity index (χ2n) is 7.86. The van der Waals surface area contributed by atoms with Crippen LogP contribution in [0.5, 0.6) is 0 Å². The van der Waals surface area contributed by atoms with Crippen LogP contribution >= 0.6 is 0 Å². The van der Waals surface area contributed by atoms with Crippen molar-refractivity contribution < 1.29 is 4.79 Å². The normalized spacial score (nSPS) is 40.7. The number of carbonyl (C=O) groups excluding carboxylic acids is 1. The molecule has 0 amide bonds. The van der Waals surface area contributed by atoms with E-state index in [2.05, 4.69) is 20.8 Å². The van der Waals surface area contributed by atoms with Crippen molar-refractivity contribution in [1.29, 1.82) is 0 Å². The first kappa shape index (κ1) is 16.1. The minimum atomic E-state index is -0.154. The zero-order valence-corrected chi connectivity index (χ0v) is 13.7. The van der Waals surface area contributed by atoms with Crippen molar-refractivity contribution in [1.82, 2.24) is 0 Å². The molecule has 2 rings (SSSR count). The van der Waals surface area contributed by atoms with Crippen molar-refractivity contribution in [2.45, 2.75) is 101 Å². The highest BCUT2D eigenvalue weighted by atomic mass is 16.1. The Morgan fingerprint density at radius 2 is 1.85 bits per heavy atom. The largest absolute Gasteiger partial charge is 0.332 e.